The largest absolute Gasteiger partial charge is 0.371 e. The second-order valence-corrected chi connectivity index (χ2v) is 3.95. The first-order valence-corrected chi connectivity index (χ1v) is 5.75. The van der Waals surface area contributed by atoms with Crippen molar-refractivity contribution in [1.82, 2.24) is 5.32 Å². The molecule has 1 aliphatic heterocycles. The van der Waals surface area contributed by atoms with E-state index in [9.17, 15) is 0 Å². The van der Waals surface area contributed by atoms with Gasteiger partial charge < -0.3 is 5.32 Å². The zero-order chi connectivity index (χ0) is 10.5. The highest BCUT2D eigenvalue weighted by molar-refractivity contribution is 5.90. The normalized spacial score (nSPS) is 17.0. The summed E-state index contributed by atoms with van der Waals surface area (Å²) in [6, 6.07) is 10.7. The predicted octanol–water partition coefficient (Wildman–Crippen LogP) is 2.57. The van der Waals surface area contributed by atoms with Gasteiger partial charge in [0.1, 0.15) is 5.84 Å². The molecule has 0 bridgehead atoms. The van der Waals surface area contributed by atoms with Gasteiger partial charge in [-0.3, -0.25) is 4.99 Å². The van der Waals surface area contributed by atoms with Crippen LogP contribution in [0.25, 0.3) is 0 Å². The van der Waals surface area contributed by atoms with Crippen LogP contribution < -0.4 is 5.32 Å². The number of hydrogen-bond donors (Lipinski definition) is 1. The molecule has 1 atom stereocenters. The molecule has 1 heterocycles. The van der Waals surface area contributed by atoms with Gasteiger partial charge in [0, 0.05) is 12.5 Å². The number of amidine groups is 1. The molecule has 1 unspecified atom stereocenters. The summed E-state index contributed by atoms with van der Waals surface area (Å²) in [4.78, 5) is 4.54. The fraction of sp³-hybridized carbons (Fsp3) is 0.462. The highest BCUT2D eigenvalue weighted by Gasteiger charge is 2.19. The molecule has 0 amide bonds. The quantitative estimate of drug-likeness (QED) is 0.797. The van der Waals surface area contributed by atoms with Gasteiger partial charge in [0.25, 0.3) is 0 Å². The summed E-state index contributed by atoms with van der Waals surface area (Å²) in [5.74, 6) is 1.65. The maximum Gasteiger partial charge on any atom is 0.104 e. The van der Waals surface area contributed by atoms with Crippen molar-refractivity contribution >= 4 is 5.84 Å². The van der Waals surface area contributed by atoms with Gasteiger partial charge in [0.15, 0.2) is 0 Å². The Balaban J connectivity index is 2.19. The first kappa shape index (κ1) is 10.2. The van der Waals surface area contributed by atoms with Gasteiger partial charge >= 0.3 is 0 Å². The molecule has 15 heavy (non-hydrogen) atoms. The third kappa shape index (κ3) is 2.38. The Morgan fingerprint density at radius 1 is 1.33 bits per heavy atom. The van der Waals surface area contributed by atoms with E-state index < -0.39 is 0 Å². The lowest BCUT2D eigenvalue weighted by atomic mass is 9.93. The Labute approximate surface area is 91.4 Å². The maximum atomic E-state index is 4.54. The summed E-state index contributed by atoms with van der Waals surface area (Å²) < 4.78 is 0. The highest BCUT2D eigenvalue weighted by atomic mass is 15.1. The minimum Gasteiger partial charge on any atom is -0.371 e. The molecule has 0 radical (unpaired) electrons. The van der Waals surface area contributed by atoms with Crippen LogP contribution in [0.1, 0.15) is 31.2 Å². The molecule has 1 N–H and O–H groups in total. The van der Waals surface area contributed by atoms with Crippen molar-refractivity contribution in [3.8, 4) is 0 Å². The first-order chi connectivity index (χ1) is 7.42. The van der Waals surface area contributed by atoms with Crippen LogP contribution in [0.2, 0.25) is 0 Å². The van der Waals surface area contributed by atoms with E-state index in [-0.39, 0.29) is 0 Å². The average Bonchev–Trinajstić information content (AvgIpc) is 2.80. The van der Waals surface area contributed by atoms with Gasteiger partial charge in [-0.2, -0.15) is 0 Å². The molecule has 0 saturated carbocycles. The van der Waals surface area contributed by atoms with Gasteiger partial charge in [-0.15, -0.1) is 0 Å². The average molecular weight is 202 g/mol. The number of aliphatic imine (C=N–C) groups is 1. The number of benzene rings is 1. The second-order valence-electron chi connectivity index (χ2n) is 3.95. The van der Waals surface area contributed by atoms with Crippen molar-refractivity contribution in [1.29, 1.82) is 0 Å². The molecule has 1 aromatic rings. The van der Waals surface area contributed by atoms with Crippen molar-refractivity contribution in [3.63, 3.8) is 0 Å². The van der Waals surface area contributed by atoms with Crippen LogP contribution in [0.15, 0.2) is 35.3 Å². The minimum atomic E-state index is 0.471. The third-order valence-electron chi connectivity index (χ3n) is 2.81. The lowest BCUT2D eigenvalue weighted by molar-refractivity contribution is 0.730. The molecule has 1 aromatic carbocycles. The molecule has 0 fully saturated rings. The summed E-state index contributed by atoms with van der Waals surface area (Å²) in [5, 5.41) is 3.39. The van der Waals surface area contributed by atoms with Crippen LogP contribution in [0, 0.1) is 0 Å². The maximum absolute atomic E-state index is 4.54. The van der Waals surface area contributed by atoms with Crippen molar-refractivity contribution in [2.45, 2.75) is 25.7 Å². The van der Waals surface area contributed by atoms with E-state index in [1.807, 2.05) is 0 Å². The smallest absolute Gasteiger partial charge is 0.104 e. The molecule has 0 saturated heterocycles. The molecule has 2 heteroatoms. The summed E-state index contributed by atoms with van der Waals surface area (Å²) in [5.41, 5.74) is 1.38. The van der Waals surface area contributed by atoms with Crippen LogP contribution in [-0.2, 0) is 0 Å². The summed E-state index contributed by atoms with van der Waals surface area (Å²) in [6.45, 7) is 4.16. The van der Waals surface area contributed by atoms with Gasteiger partial charge in [0.05, 0.1) is 6.54 Å². The Hall–Kier alpha value is -1.31. The Kier molecular flexibility index (Phi) is 3.38. The van der Waals surface area contributed by atoms with Crippen molar-refractivity contribution in [2.24, 2.45) is 4.99 Å². The molecule has 0 aliphatic carbocycles. The van der Waals surface area contributed by atoms with Gasteiger partial charge in [-0.1, -0.05) is 43.7 Å². The number of nitrogens with one attached hydrogen (secondary N) is 1. The van der Waals surface area contributed by atoms with E-state index >= 15 is 0 Å². The SMILES string of the molecule is CCCC(C1=NCCN1)c1ccccc1. The van der Waals surface area contributed by atoms with E-state index in [1.165, 1.54) is 24.2 Å². The van der Waals surface area contributed by atoms with Gasteiger partial charge in [0.2, 0.25) is 0 Å². The zero-order valence-corrected chi connectivity index (χ0v) is 9.24. The number of hydrogen-bond acceptors (Lipinski definition) is 2. The summed E-state index contributed by atoms with van der Waals surface area (Å²) >= 11 is 0. The summed E-state index contributed by atoms with van der Waals surface area (Å²) in [7, 11) is 0. The van der Waals surface area contributed by atoms with E-state index in [2.05, 4.69) is 47.6 Å². The monoisotopic (exact) mass is 202 g/mol. The van der Waals surface area contributed by atoms with Crippen LogP contribution in [0.4, 0.5) is 0 Å². The van der Waals surface area contributed by atoms with Gasteiger partial charge in [-0.25, -0.2) is 0 Å². The highest BCUT2D eigenvalue weighted by Crippen LogP contribution is 2.22. The molecule has 2 rings (SSSR count). The zero-order valence-electron chi connectivity index (χ0n) is 9.24. The summed E-state index contributed by atoms with van der Waals surface area (Å²) in [6.07, 6.45) is 2.37. The Bertz CT molecular complexity index is 330. The van der Waals surface area contributed by atoms with Crippen molar-refractivity contribution < 1.29 is 0 Å². The lowest BCUT2D eigenvalue weighted by Crippen LogP contribution is -2.25. The fourth-order valence-electron chi connectivity index (χ4n) is 2.08. The van der Waals surface area contributed by atoms with Gasteiger partial charge in [-0.05, 0) is 12.0 Å². The van der Waals surface area contributed by atoms with E-state index in [0.29, 0.717) is 5.92 Å². The topological polar surface area (TPSA) is 24.4 Å². The third-order valence-corrected chi connectivity index (χ3v) is 2.81. The number of rotatable bonds is 4. The van der Waals surface area contributed by atoms with E-state index in [4.69, 9.17) is 0 Å². The Morgan fingerprint density at radius 2 is 2.13 bits per heavy atom. The molecule has 1 aliphatic rings. The minimum absolute atomic E-state index is 0.471. The van der Waals surface area contributed by atoms with Crippen LogP contribution in [-0.4, -0.2) is 18.9 Å². The van der Waals surface area contributed by atoms with E-state index in [0.717, 1.165) is 13.1 Å². The Morgan fingerprint density at radius 3 is 2.73 bits per heavy atom. The molecule has 80 valence electrons. The molecule has 0 spiro atoms. The number of nitrogens with zero attached hydrogens (tertiary/aromatic N) is 1. The first-order valence-electron chi connectivity index (χ1n) is 5.75. The van der Waals surface area contributed by atoms with Crippen LogP contribution in [0.5, 0.6) is 0 Å². The van der Waals surface area contributed by atoms with Crippen molar-refractivity contribution in [2.75, 3.05) is 13.1 Å². The fourth-order valence-corrected chi connectivity index (χ4v) is 2.08. The molecular weight excluding hydrogens is 184 g/mol. The second kappa shape index (κ2) is 4.96. The van der Waals surface area contributed by atoms with Crippen LogP contribution in [0.3, 0.4) is 0 Å². The van der Waals surface area contributed by atoms with E-state index in [1.54, 1.807) is 0 Å². The predicted molar refractivity (Wildman–Crippen MR) is 64.4 cm³/mol. The van der Waals surface area contributed by atoms with Crippen molar-refractivity contribution in [3.05, 3.63) is 35.9 Å². The lowest BCUT2D eigenvalue weighted by Gasteiger charge is -2.17. The standard InChI is InChI=1S/C13H18N2/c1-2-6-12(13-14-9-10-15-13)11-7-4-3-5-8-11/h3-5,7-8,12H,2,6,9-10H2,1H3,(H,14,15). The molecular formula is C13H18N2. The molecule has 0 aromatic heterocycles. The van der Waals surface area contributed by atoms with Crippen LogP contribution >= 0.6 is 0 Å². The molecule has 2 nitrogen and oxygen atoms in total.